The van der Waals surface area contributed by atoms with E-state index >= 15 is 0 Å². The molecule has 2 heterocycles. The number of carbonyl (C=O) groups is 1. The van der Waals surface area contributed by atoms with Gasteiger partial charge in [-0.3, -0.25) is 4.79 Å². The lowest BCUT2D eigenvalue weighted by molar-refractivity contribution is -0.118. The summed E-state index contributed by atoms with van der Waals surface area (Å²) in [7, 11) is 0. The average molecular weight is 239 g/mol. The molecular formula is C9H9N3OS2. The Balaban J connectivity index is 1.98. The second kappa shape index (κ2) is 4.59. The highest BCUT2D eigenvalue weighted by Crippen LogP contribution is 2.18. The molecule has 0 aromatic carbocycles. The van der Waals surface area contributed by atoms with Gasteiger partial charge in [0.2, 0.25) is 5.91 Å². The van der Waals surface area contributed by atoms with Crippen molar-refractivity contribution in [1.82, 2.24) is 5.32 Å². The summed E-state index contributed by atoms with van der Waals surface area (Å²) < 4.78 is 0. The number of thioether (sulfide) groups is 1. The summed E-state index contributed by atoms with van der Waals surface area (Å²) in [6, 6.07) is 3.91. The van der Waals surface area contributed by atoms with E-state index in [0.717, 1.165) is 4.88 Å². The summed E-state index contributed by atoms with van der Waals surface area (Å²) in [5.74, 6) is -0.00919. The standard InChI is InChI=1S/C9H9N3OS2/c1-6-8(13)11-9(15-6)12-10-5-7-3-2-4-14-7/h2-6H,1H3,(H,11,12,13)/t6-/m1/s1. The van der Waals surface area contributed by atoms with Crippen molar-refractivity contribution >= 4 is 40.4 Å². The highest BCUT2D eigenvalue weighted by Gasteiger charge is 2.25. The van der Waals surface area contributed by atoms with Crippen LogP contribution in [0.25, 0.3) is 0 Å². The van der Waals surface area contributed by atoms with Gasteiger partial charge in [-0.2, -0.15) is 5.10 Å². The Morgan fingerprint density at radius 1 is 1.60 bits per heavy atom. The molecule has 0 saturated carbocycles. The van der Waals surface area contributed by atoms with E-state index in [1.165, 1.54) is 11.8 Å². The van der Waals surface area contributed by atoms with Gasteiger partial charge in [0, 0.05) is 4.88 Å². The van der Waals surface area contributed by atoms with E-state index in [0.29, 0.717) is 5.17 Å². The van der Waals surface area contributed by atoms with Crippen LogP contribution in [0.15, 0.2) is 27.7 Å². The zero-order valence-electron chi connectivity index (χ0n) is 8.01. The summed E-state index contributed by atoms with van der Waals surface area (Å²) in [4.78, 5) is 12.2. The molecule has 15 heavy (non-hydrogen) atoms. The fraction of sp³-hybridized carbons (Fsp3) is 0.222. The molecule has 4 nitrogen and oxygen atoms in total. The topological polar surface area (TPSA) is 53.8 Å². The van der Waals surface area contributed by atoms with Gasteiger partial charge in [-0.05, 0) is 18.4 Å². The van der Waals surface area contributed by atoms with Crippen LogP contribution in [0.4, 0.5) is 0 Å². The molecule has 1 aromatic heterocycles. The molecule has 6 heteroatoms. The molecule has 1 aliphatic rings. The van der Waals surface area contributed by atoms with Crippen LogP contribution in [-0.4, -0.2) is 22.5 Å². The third-order valence-corrected chi connectivity index (χ3v) is 3.55. The lowest BCUT2D eigenvalue weighted by atomic mass is 10.4. The van der Waals surface area contributed by atoms with Crippen LogP contribution in [0.3, 0.4) is 0 Å². The smallest absolute Gasteiger partial charge is 0.239 e. The minimum atomic E-state index is -0.0688. The van der Waals surface area contributed by atoms with E-state index in [9.17, 15) is 4.79 Å². The molecule has 1 N–H and O–H groups in total. The molecule has 1 aliphatic heterocycles. The highest BCUT2D eigenvalue weighted by atomic mass is 32.2. The summed E-state index contributed by atoms with van der Waals surface area (Å²) in [5, 5.41) is 12.9. The fourth-order valence-electron chi connectivity index (χ4n) is 1.01. The number of rotatable bonds is 2. The fourth-order valence-corrected chi connectivity index (χ4v) is 2.34. The van der Waals surface area contributed by atoms with Gasteiger partial charge < -0.3 is 5.32 Å². The maximum absolute atomic E-state index is 11.1. The first-order valence-corrected chi connectivity index (χ1v) is 6.13. The normalized spacial score (nSPS) is 23.9. The Hall–Kier alpha value is -1.14. The summed E-state index contributed by atoms with van der Waals surface area (Å²) in [6.07, 6.45) is 1.67. The molecule has 1 saturated heterocycles. The molecular weight excluding hydrogens is 230 g/mol. The Bertz CT molecular complexity index is 411. The molecule has 78 valence electrons. The number of amidine groups is 1. The van der Waals surface area contributed by atoms with Crippen molar-refractivity contribution in [3.05, 3.63) is 22.4 Å². The largest absolute Gasteiger partial charge is 0.303 e. The molecule has 0 unspecified atom stereocenters. The van der Waals surface area contributed by atoms with Crippen molar-refractivity contribution in [3.8, 4) is 0 Å². The SMILES string of the molecule is C[C@H]1S/C(=N/N=Cc2cccs2)NC1=O. The van der Waals surface area contributed by atoms with E-state index in [2.05, 4.69) is 15.5 Å². The van der Waals surface area contributed by atoms with Gasteiger partial charge in [0.15, 0.2) is 5.17 Å². The zero-order valence-corrected chi connectivity index (χ0v) is 9.64. The number of nitrogens with zero attached hydrogens (tertiary/aromatic N) is 2. The minimum Gasteiger partial charge on any atom is -0.303 e. The van der Waals surface area contributed by atoms with E-state index in [4.69, 9.17) is 0 Å². The molecule has 1 aromatic rings. The second-order valence-electron chi connectivity index (χ2n) is 2.91. The Morgan fingerprint density at radius 3 is 3.07 bits per heavy atom. The Morgan fingerprint density at radius 2 is 2.47 bits per heavy atom. The number of nitrogens with one attached hydrogen (secondary N) is 1. The van der Waals surface area contributed by atoms with Gasteiger partial charge in [0.1, 0.15) is 0 Å². The monoisotopic (exact) mass is 239 g/mol. The van der Waals surface area contributed by atoms with Crippen molar-refractivity contribution in [2.45, 2.75) is 12.2 Å². The van der Waals surface area contributed by atoms with Crippen LogP contribution in [0.5, 0.6) is 0 Å². The van der Waals surface area contributed by atoms with Gasteiger partial charge in [-0.25, -0.2) is 0 Å². The molecule has 1 atom stereocenters. The zero-order chi connectivity index (χ0) is 10.7. The average Bonchev–Trinajstić information content (AvgIpc) is 2.79. The van der Waals surface area contributed by atoms with Crippen molar-refractivity contribution < 1.29 is 4.79 Å². The number of thiophene rings is 1. The number of amides is 1. The lowest BCUT2D eigenvalue weighted by Crippen LogP contribution is -2.23. The molecule has 1 fully saturated rings. The number of hydrogen-bond donors (Lipinski definition) is 1. The summed E-state index contributed by atoms with van der Waals surface area (Å²) in [6.45, 7) is 1.84. The molecule has 0 radical (unpaired) electrons. The first-order chi connectivity index (χ1) is 7.25. The Labute approximate surface area is 95.5 Å². The van der Waals surface area contributed by atoms with Crippen molar-refractivity contribution in [2.24, 2.45) is 10.2 Å². The molecule has 0 spiro atoms. The van der Waals surface area contributed by atoms with Gasteiger partial charge in [0.05, 0.1) is 11.5 Å². The maximum Gasteiger partial charge on any atom is 0.239 e. The first kappa shape index (κ1) is 10.4. The maximum atomic E-state index is 11.1. The van der Waals surface area contributed by atoms with Gasteiger partial charge in [-0.1, -0.05) is 17.8 Å². The van der Waals surface area contributed by atoms with E-state index in [1.807, 2.05) is 24.4 Å². The number of hydrogen-bond acceptors (Lipinski definition) is 5. The Kier molecular flexibility index (Phi) is 3.17. The van der Waals surface area contributed by atoms with Crippen molar-refractivity contribution in [1.29, 1.82) is 0 Å². The highest BCUT2D eigenvalue weighted by molar-refractivity contribution is 8.15. The molecule has 2 rings (SSSR count). The van der Waals surface area contributed by atoms with Gasteiger partial charge in [-0.15, -0.1) is 16.4 Å². The van der Waals surface area contributed by atoms with Crippen molar-refractivity contribution in [3.63, 3.8) is 0 Å². The quantitative estimate of drug-likeness (QED) is 0.630. The van der Waals surface area contributed by atoms with E-state index in [-0.39, 0.29) is 11.2 Å². The van der Waals surface area contributed by atoms with Gasteiger partial charge in [0.25, 0.3) is 0 Å². The predicted octanol–water partition coefficient (Wildman–Crippen LogP) is 1.69. The molecule has 1 amide bonds. The lowest BCUT2D eigenvalue weighted by Gasteiger charge is -1.88. The van der Waals surface area contributed by atoms with E-state index < -0.39 is 0 Å². The third-order valence-electron chi connectivity index (χ3n) is 1.76. The van der Waals surface area contributed by atoms with Crippen LogP contribution in [0.1, 0.15) is 11.8 Å². The van der Waals surface area contributed by atoms with E-state index in [1.54, 1.807) is 17.6 Å². The van der Waals surface area contributed by atoms with Gasteiger partial charge >= 0.3 is 0 Å². The van der Waals surface area contributed by atoms with Crippen LogP contribution < -0.4 is 5.32 Å². The second-order valence-corrected chi connectivity index (χ2v) is 5.22. The molecule has 0 aliphatic carbocycles. The van der Waals surface area contributed by atoms with Crippen molar-refractivity contribution in [2.75, 3.05) is 0 Å². The number of carbonyl (C=O) groups excluding carboxylic acids is 1. The summed E-state index contributed by atoms with van der Waals surface area (Å²) in [5.41, 5.74) is 0. The van der Waals surface area contributed by atoms with Crippen LogP contribution in [0.2, 0.25) is 0 Å². The predicted molar refractivity (Wildman–Crippen MR) is 64.5 cm³/mol. The molecule has 0 bridgehead atoms. The minimum absolute atomic E-state index is 0.00919. The third kappa shape index (κ3) is 2.66. The van der Waals surface area contributed by atoms with Crippen LogP contribution in [0, 0.1) is 0 Å². The van der Waals surface area contributed by atoms with Crippen LogP contribution in [-0.2, 0) is 4.79 Å². The van der Waals surface area contributed by atoms with Crippen LogP contribution >= 0.6 is 23.1 Å². The first-order valence-electron chi connectivity index (χ1n) is 4.38. The summed E-state index contributed by atoms with van der Waals surface area (Å²) >= 11 is 2.98.